The van der Waals surface area contributed by atoms with Gasteiger partial charge in [0, 0.05) is 36.0 Å². The van der Waals surface area contributed by atoms with Crippen LogP contribution in [0.3, 0.4) is 0 Å². The SMILES string of the molecule is COC(CCc1cc(O)ccc1Br)(CCc1cc(O)ccc1Br)OC. The molecule has 2 aromatic rings. The van der Waals surface area contributed by atoms with Crippen molar-refractivity contribution in [3.8, 4) is 11.5 Å². The van der Waals surface area contributed by atoms with Crippen molar-refractivity contribution in [2.75, 3.05) is 14.2 Å². The van der Waals surface area contributed by atoms with E-state index in [2.05, 4.69) is 31.9 Å². The molecule has 0 saturated carbocycles. The van der Waals surface area contributed by atoms with Crippen LogP contribution in [0.2, 0.25) is 0 Å². The monoisotopic (exact) mass is 472 g/mol. The Balaban J connectivity index is 2.09. The molecule has 0 atom stereocenters. The lowest BCUT2D eigenvalue weighted by molar-refractivity contribution is -0.214. The van der Waals surface area contributed by atoms with Crippen LogP contribution in [0.5, 0.6) is 11.5 Å². The molecule has 0 aliphatic rings. The average molecular weight is 474 g/mol. The van der Waals surface area contributed by atoms with Crippen LogP contribution in [-0.4, -0.2) is 30.2 Å². The first-order valence-corrected chi connectivity index (χ1v) is 9.53. The Kier molecular flexibility index (Phi) is 7.31. The summed E-state index contributed by atoms with van der Waals surface area (Å²) in [6.45, 7) is 0. The molecule has 0 bridgehead atoms. The number of hydrogen-bond acceptors (Lipinski definition) is 4. The minimum absolute atomic E-state index is 0.238. The van der Waals surface area contributed by atoms with Crippen molar-refractivity contribution in [1.29, 1.82) is 0 Å². The molecule has 0 fully saturated rings. The lowest BCUT2D eigenvalue weighted by Gasteiger charge is -2.31. The van der Waals surface area contributed by atoms with E-state index in [4.69, 9.17) is 9.47 Å². The Morgan fingerprint density at radius 1 is 0.800 bits per heavy atom. The summed E-state index contributed by atoms with van der Waals surface area (Å²) in [6, 6.07) is 10.4. The Labute approximate surface area is 165 Å². The molecule has 0 aliphatic heterocycles. The number of benzene rings is 2. The second-order valence-electron chi connectivity index (χ2n) is 5.87. The minimum atomic E-state index is -0.740. The number of aromatic hydroxyl groups is 2. The molecule has 2 N–H and O–H groups in total. The number of phenolic OH excluding ortho intramolecular Hbond substituents is 2. The van der Waals surface area contributed by atoms with E-state index in [0.29, 0.717) is 25.7 Å². The van der Waals surface area contributed by atoms with Crippen molar-refractivity contribution in [2.24, 2.45) is 0 Å². The summed E-state index contributed by atoms with van der Waals surface area (Å²) < 4.78 is 13.3. The Morgan fingerprint density at radius 2 is 1.20 bits per heavy atom. The Morgan fingerprint density at radius 3 is 1.56 bits per heavy atom. The van der Waals surface area contributed by atoms with Crippen LogP contribution in [0.15, 0.2) is 45.3 Å². The summed E-state index contributed by atoms with van der Waals surface area (Å²) >= 11 is 7.02. The molecule has 136 valence electrons. The van der Waals surface area contributed by atoms with Gasteiger partial charge in [-0.25, -0.2) is 0 Å². The quantitative estimate of drug-likeness (QED) is 0.518. The summed E-state index contributed by atoms with van der Waals surface area (Å²) in [6.07, 6.45) is 2.66. The summed E-state index contributed by atoms with van der Waals surface area (Å²) in [5, 5.41) is 19.4. The van der Waals surface area contributed by atoms with Gasteiger partial charge in [-0.2, -0.15) is 0 Å². The van der Waals surface area contributed by atoms with Gasteiger partial charge in [0.15, 0.2) is 5.79 Å². The first-order valence-electron chi connectivity index (χ1n) is 7.94. The minimum Gasteiger partial charge on any atom is -0.508 e. The molecule has 0 spiro atoms. The second-order valence-corrected chi connectivity index (χ2v) is 7.58. The first-order chi connectivity index (χ1) is 11.9. The highest BCUT2D eigenvalue weighted by atomic mass is 79.9. The van der Waals surface area contributed by atoms with Crippen LogP contribution in [0.25, 0.3) is 0 Å². The van der Waals surface area contributed by atoms with Crippen molar-refractivity contribution in [3.63, 3.8) is 0 Å². The molecular weight excluding hydrogens is 452 g/mol. The van der Waals surface area contributed by atoms with Gasteiger partial charge in [-0.05, 0) is 60.4 Å². The number of rotatable bonds is 8. The van der Waals surface area contributed by atoms with Crippen molar-refractivity contribution in [2.45, 2.75) is 31.5 Å². The highest BCUT2D eigenvalue weighted by Crippen LogP contribution is 2.31. The van der Waals surface area contributed by atoms with Gasteiger partial charge in [-0.15, -0.1) is 0 Å². The third-order valence-corrected chi connectivity index (χ3v) is 5.90. The molecule has 4 nitrogen and oxygen atoms in total. The fourth-order valence-corrected chi connectivity index (χ4v) is 3.66. The van der Waals surface area contributed by atoms with Crippen molar-refractivity contribution in [3.05, 3.63) is 56.5 Å². The standard InChI is InChI=1S/C19H22Br2O4/c1-24-19(25-2,9-7-13-11-15(22)3-5-17(13)20)10-8-14-12-16(23)4-6-18(14)21/h3-6,11-12,22-23H,7-10H2,1-2H3. The largest absolute Gasteiger partial charge is 0.508 e. The zero-order valence-corrected chi connectivity index (χ0v) is 17.4. The highest BCUT2D eigenvalue weighted by Gasteiger charge is 2.29. The van der Waals surface area contributed by atoms with E-state index in [0.717, 1.165) is 20.1 Å². The van der Waals surface area contributed by atoms with Crippen molar-refractivity contribution < 1.29 is 19.7 Å². The van der Waals surface area contributed by atoms with E-state index in [1.54, 1.807) is 38.5 Å². The van der Waals surface area contributed by atoms with E-state index in [1.165, 1.54) is 0 Å². The summed E-state index contributed by atoms with van der Waals surface area (Å²) in [4.78, 5) is 0. The number of hydrogen-bond donors (Lipinski definition) is 2. The fourth-order valence-electron chi connectivity index (χ4n) is 2.77. The van der Waals surface area contributed by atoms with Crippen LogP contribution < -0.4 is 0 Å². The highest BCUT2D eigenvalue weighted by molar-refractivity contribution is 9.10. The molecule has 0 amide bonds. The lowest BCUT2D eigenvalue weighted by Crippen LogP contribution is -2.35. The number of ether oxygens (including phenoxy) is 2. The van der Waals surface area contributed by atoms with Crippen LogP contribution in [-0.2, 0) is 22.3 Å². The van der Waals surface area contributed by atoms with Gasteiger partial charge < -0.3 is 19.7 Å². The number of methoxy groups -OCH3 is 2. The van der Waals surface area contributed by atoms with Crippen LogP contribution in [0, 0.1) is 0 Å². The van der Waals surface area contributed by atoms with Gasteiger partial charge in [-0.1, -0.05) is 31.9 Å². The number of aryl methyl sites for hydroxylation is 2. The normalized spacial score (nSPS) is 11.7. The van der Waals surface area contributed by atoms with Crippen molar-refractivity contribution in [1.82, 2.24) is 0 Å². The maximum Gasteiger partial charge on any atom is 0.168 e. The number of phenols is 2. The number of halogens is 2. The van der Waals surface area contributed by atoms with Crippen LogP contribution in [0.4, 0.5) is 0 Å². The van der Waals surface area contributed by atoms with E-state index < -0.39 is 5.79 Å². The molecule has 2 aromatic carbocycles. The molecule has 2 rings (SSSR count). The zero-order valence-electron chi connectivity index (χ0n) is 14.3. The van der Waals surface area contributed by atoms with Gasteiger partial charge in [0.25, 0.3) is 0 Å². The molecule has 0 unspecified atom stereocenters. The average Bonchev–Trinajstić information content (AvgIpc) is 2.61. The maximum atomic E-state index is 9.68. The zero-order chi connectivity index (χ0) is 18.4. The van der Waals surface area contributed by atoms with E-state index in [9.17, 15) is 10.2 Å². The molecule has 6 heteroatoms. The van der Waals surface area contributed by atoms with Gasteiger partial charge in [0.2, 0.25) is 0 Å². The van der Waals surface area contributed by atoms with Crippen LogP contribution in [0.1, 0.15) is 24.0 Å². The Bertz CT molecular complexity index is 657. The third-order valence-electron chi connectivity index (χ3n) is 4.35. The van der Waals surface area contributed by atoms with E-state index in [-0.39, 0.29) is 11.5 Å². The molecule has 0 aliphatic carbocycles. The predicted octanol–water partition coefficient (Wildman–Crippen LogP) is 5.18. The smallest absolute Gasteiger partial charge is 0.168 e. The second kappa shape index (κ2) is 9.03. The van der Waals surface area contributed by atoms with Gasteiger partial charge in [0.1, 0.15) is 11.5 Å². The lowest BCUT2D eigenvalue weighted by atomic mass is 9.97. The molecule has 0 aromatic heterocycles. The summed E-state index contributed by atoms with van der Waals surface area (Å²) in [5.41, 5.74) is 1.99. The molecule has 25 heavy (non-hydrogen) atoms. The van der Waals surface area contributed by atoms with Crippen molar-refractivity contribution >= 4 is 31.9 Å². The molecule has 0 heterocycles. The first kappa shape index (κ1) is 20.2. The fraction of sp³-hybridized carbons (Fsp3) is 0.368. The van der Waals surface area contributed by atoms with Gasteiger partial charge in [0.05, 0.1) is 0 Å². The van der Waals surface area contributed by atoms with E-state index >= 15 is 0 Å². The summed E-state index contributed by atoms with van der Waals surface area (Å²) in [7, 11) is 3.27. The van der Waals surface area contributed by atoms with Gasteiger partial charge in [-0.3, -0.25) is 0 Å². The predicted molar refractivity (Wildman–Crippen MR) is 105 cm³/mol. The Hall–Kier alpha value is -1.08. The molecule has 0 radical (unpaired) electrons. The third kappa shape index (κ3) is 5.45. The molecular formula is C19H22Br2O4. The molecule has 0 saturated heterocycles. The van der Waals surface area contributed by atoms with Gasteiger partial charge >= 0.3 is 0 Å². The maximum absolute atomic E-state index is 9.68. The van der Waals surface area contributed by atoms with E-state index in [1.807, 2.05) is 12.1 Å². The topological polar surface area (TPSA) is 58.9 Å². The summed E-state index contributed by atoms with van der Waals surface area (Å²) in [5.74, 6) is -0.264. The van der Waals surface area contributed by atoms with Crippen LogP contribution >= 0.6 is 31.9 Å².